The Bertz CT molecular complexity index is 1930. The molecule has 254 valence electrons. The average Bonchev–Trinajstić information content (AvgIpc) is 3.63. The maximum Gasteiger partial charge on any atom is 0.326 e. The van der Waals surface area contributed by atoms with Crippen molar-refractivity contribution in [1.29, 1.82) is 0 Å². The number of carbonyl (C=O) groups excluding carboxylic acids is 1. The Morgan fingerprint density at radius 3 is 2.73 bits per heavy atom. The Morgan fingerprint density at radius 1 is 1.15 bits per heavy atom. The molecule has 2 saturated heterocycles. The monoisotopic (exact) mass is 691 g/mol. The third-order valence-corrected chi connectivity index (χ3v) is 9.53. The highest BCUT2D eigenvalue weighted by Crippen LogP contribution is 2.46. The number of halogens is 5. The first kappa shape index (κ1) is 32.3. The molecule has 0 saturated carbocycles. The van der Waals surface area contributed by atoms with E-state index in [-0.39, 0.29) is 96.5 Å². The summed E-state index contributed by atoms with van der Waals surface area (Å²) in [5, 5.41) is 10.6. The van der Waals surface area contributed by atoms with Crippen molar-refractivity contribution in [3.05, 3.63) is 52.7 Å². The van der Waals surface area contributed by atoms with Gasteiger partial charge in [-0.15, -0.1) is 0 Å². The summed E-state index contributed by atoms with van der Waals surface area (Å²) in [6, 6.07) is 3.61. The normalized spacial score (nSPS) is 26.5. The number of ether oxygens (including phenoxy) is 2. The van der Waals surface area contributed by atoms with Gasteiger partial charge >= 0.3 is 11.9 Å². The van der Waals surface area contributed by atoms with Crippen molar-refractivity contribution in [3.8, 4) is 5.88 Å². The molecule has 8 rings (SSSR count). The van der Waals surface area contributed by atoms with Gasteiger partial charge in [0.15, 0.2) is 11.4 Å². The van der Waals surface area contributed by atoms with Crippen molar-refractivity contribution < 1.29 is 46.1 Å². The van der Waals surface area contributed by atoms with E-state index < -0.39 is 59.6 Å². The maximum atomic E-state index is 17.0. The molecule has 3 aromatic heterocycles. The molecule has 4 aliphatic heterocycles. The van der Waals surface area contributed by atoms with Gasteiger partial charge in [-0.3, -0.25) is 4.79 Å². The zero-order valence-electron chi connectivity index (χ0n) is 25.6. The van der Waals surface area contributed by atoms with E-state index >= 15 is 13.2 Å². The molecule has 1 N–H and O–H groups in total. The number of furan rings is 1. The highest BCUT2D eigenvalue weighted by Gasteiger charge is 2.48. The van der Waals surface area contributed by atoms with Crippen LogP contribution in [-0.4, -0.2) is 81.8 Å². The standard InChI is InChI=1S/C32H30ClF4N5O6/c1-16-13-41-7-6-31(16,35)21-9-17(33)12-38-28(21)47-19-11-22(29(44)45)42(14-19)27-26-25(20-4-3-18(34)10-23(20)48-26)39-30(40-27)32(36,37)5-2-8-46-15-24(41)43/h3-4,9-10,12,16,19,22H,2,5-8,11,13-15H2,1H3,(H,44,45)/t16-,19-,22-,31+/m0/s1. The Balaban J connectivity index is 1.36. The maximum absolute atomic E-state index is 17.0. The number of rotatable bonds is 1. The van der Waals surface area contributed by atoms with Gasteiger partial charge in [0.2, 0.25) is 17.6 Å². The molecule has 4 aliphatic rings. The first-order valence-corrected chi connectivity index (χ1v) is 15.9. The molecule has 0 spiro atoms. The molecule has 48 heavy (non-hydrogen) atoms. The minimum absolute atomic E-state index is 0.00598. The summed E-state index contributed by atoms with van der Waals surface area (Å²) < 4.78 is 80.1. The van der Waals surface area contributed by atoms with Crippen molar-refractivity contribution >= 4 is 51.4 Å². The minimum Gasteiger partial charge on any atom is -0.480 e. The number of aromatic nitrogens is 3. The number of benzene rings is 1. The number of carboxylic acids is 1. The molecular weight excluding hydrogens is 662 g/mol. The predicted molar refractivity (Wildman–Crippen MR) is 163 cm³/mol. The van der Waals surface area contributed by atoms with Crippen LogP contribution in [0.3, 0.4) is 0 Å². The third kappa shape index (κ3) is 5.66. The Hall–Kier alpha value is -4.24. The van der Waals surface area contributed by atoms with Crippen molar-refractivity contribution in [2.24, 2.45) is 5.92 Å². The number of amides is 1. The minimum atomic E-state index is -3.61. The van der Waals surface area contributed by atoms with Gasteiger partial charge in [-0.25, -0.2) is 28.5 Å². The lowest BCUT2D eigenvalue weighted by Gasteiger charge is -2.42. The van der Waals surface area contributed by atoms with Crippen LogP contribution in [-0.2, 0) is 25.9 Å². The number of carbonyl (C=O) groups is 2. The molecule has 1 aromatic carbocycles. The number of anilines is 1. The molecule has 11 nitrogen and oxygen atoms in total. The van der Waals surface area contributed by atoms with E-state index in [0.717, 1.165) is 12.1 Å². The molecule has 0 unspecified atom stereocenters. The summed E-state index contributed by atoms with van der Waals surface area (Å²) in [4.78, 5) is 40.8. The molecule has 6 bridgehead atoms. The smallest absolute Gasteiger partial charge is 0.326 e. The molecule has 16 heteroatoms. The highest BCUT2D eigenvalue weighted by molar-refractivity contribution is 6.30. The van der Waals surface area contributed by atoms with Gasteiger partial charge < -0.3 is 28.8 Å². The summed E-state index contributed by atoms with van der Waals surface area (Å²) in [6.45, 7) is 1.01. The van der Waals surface area contributed by atoms with Gasteiger partial charge in [-0.05, 0) is 24.6 Å². The number of aliphatic carboxylic acids is 1. The second-order valence-corrected chi connectivity index (χ2v) is 12.9. The van der Waals surface area contributed by atoms with E-state index in [4.69, 9.17) is 25.5 Å². The van der Waals surface area contributed by atoms with Gasteiger partial charge in [0.05, 0.1) is 17.1 Å². The van der Waals surface area contributed by atoms with Crippen LogP contribution in [0.25, 0.3) is 22.1 Å². The van der Waals surface area contributed by atoms with Crippen LogP contribution in [0.15, 0.2) is 34.9 Å². The van der Waals surface area contributed by atoms with E-state index in [1.54, 1.807) is 6.92 Å². The van der Waals surface area contributed by atoms with Crippen LogP contribution in [0.2, 0.25) is 5.02 Å². The molecule has 0 radical (unpaired) electrons. The van der Waals surface area contributed by atoms with E-state index in [0.29, 0.717) is 0 Å². The predicted octanol–water partition coefficient (Wildman–Crippen LogP) is 5.61. The number of fused-ring (bicyclic) bond motifs is 11. The summed E-state index contributed by atoms with van der Waals surface area (Å²) in [5.41, 5.74) is -2.11. The van der Waals surface area contributed by atoms with Crippen LogP contribution >= 0.6 is 11.6 Å². The third-order valence-electron chi connectivity index (χ3n) is 9.33. The molecule has 1 amide bonds. The number of hydrogen-bond acceptors (Lipinski definition) is 9. The van der Waals surface area contributed by atoms with Gasteiger partial charge in [-0.1, -0.05) is 18.5 Å². The number of pyridine rings is 1. The van der Waals surface area contributed by atoms with E-state index in [2.05, 4.69) is 15.0 Å². The summed E-state index contributed by atoms with van der Waals surface area (Å²) >= 11 is 6.26. The van der Waals surface area contributed by atoms with Crippen LogP contribution in [0, 0.1) is 11.7 Å². The van der Waals surface area contributed by atoms with Gasteiger partial charge in [0, 0.05) is 62.5 Å². The number of carboxylic acid groups (broad SMARTS) is 1. The van der Waals surface area contributed by atoms with E-state index in [1.165, 1.54) is 28.1 Å². The zero-order chi connectivity index (χ0) is 34.0. The molecule has 4 atom stereocenters. The lowest BCUT2D eigenvalue weighted by atomic mass is 9.78. The first-order chi connectivity index (χ1) is 22.8. The van der Waals surface area contributed by atoms with Crippen LogP contribution < -0.4 is 9.64 Å². The molecule has 0 aliphatic carbocycles. The van der Waals surface area contributed by atoms with Crippen molar-refractivity contribution in [1.82, 2.24) is 19.9 Å². The first-order valence-electron chi connectivity index (χ1n) is 15.5. The largest absolute Gasteiger partial charge is 0.480 e. The SMILES string of the molecule is C[C@H]1CN2CC[C@]1(F)c1cc(Cl)cnc1O[C@H]1C[C@@H](C(=O)O)N(C1)c1nc(nc3c1oc1cc(F)ccc13)C(F)(F)CCCOCC2=O. The Kier molecular flexibility index (Phi) is 8.09. The Morgan fingerprint density at radius 2 is 1.96 bits per heavy atom. The van der Waals surface area contributed by atoms with Crippen LogP contribution in [0.4, 0.5) is 23.4 Å². The quantitative estimate of drug-likeness (QED) is 0.251. The lowest BCUT2D eigenvalue weighted by molar-refractivity contribution is -0.141. The topological polar surface area (TPSA) is 131 Å². The lowest BCUT2D eigenvalue weighted by Crippen LogP contribution is -2.50. The summed E-state index contributed by atoms with van der Waals surface area (Å²) in [5.74, 6) is -7.92. The number of nitrogens with zero attached hydrogens (tertiary/aromatic N) is 5. The number of hydrogen-bond donors (Lipinski definition) is 1. The van der Waals surface area contributed by atoms with Gasteiger partial charge in [0.1, 0.15) is 41.3 Å². The zero-order valence-corrected chi connectivity index (χ0v) is 26.4. The highest BCUT2D eigenvalue weighted by atomic mass is 35.5. The van der Waals surface area contributed by atoms with Crippen molar-refractivity contribution in [2.45, 2.75) is 56.3 Å². The van der Waals surface area contributed by atoms with Crippen LogP contribution in [0.1, 0.15) is 44.0 Å². The second-order valence-electron chi connectivity index (χ2n) is 12.5. The van der Waals surface area contributed by atoms with E-state index in [1.807, 2.05) is 0 Å². The second kappa shape index (κ2) is 12.0. The van der Waals surface area contributed by atoms with E-state index in [9.17, 15) is 19.1 Å². The molecule has 2 fully saturated rings. The number of piperidine rings is 1. The Labute approximate surface area is 275 Å². The molecule has 7 heterocycles. The molecule has 4 aromatic rings. The summed E-state index contributed by atoms with van der Waals surface area (Å²) in [6.07, 6.45) is -0.813. The van der Waals surface area contributed by atoms with Crippen molar-refractivity contribution in [2.75, 3.05) is 37.7 Å². The van der Waals surface area contributed by atoms with Gasteiger partial charge in [-0.2, -0.15) is 8.78 Å². The fraction of sp³-hybridized carbons (Fsp3) is 0.469. The van der Waals surface area contributed by atoms with Crippen LogP contribution in [0.5, 0.6) is 5.88 Å². The molecular formula is C32H30ClF4N5O6. The fourth-order valence-electron chi connectivity index (χ4n) is 6.78. The fourth-order valence-corrected chi connectivity index (χ4v) is 6.94. The van der Waals surface area contributed by atoms with Gasteiger partial charge in [0.25, 0.3) is 0 Å². The summed E-state index contributed by atoms with van der Waals surface area (Å²) in [7, 11) is 0. The number of alkyl halides is 3. The van der Waals surface area contributed by atoms with Crippen molar-refractivity contribution in [3.63, 3.8) is 0 Å². The average molecular weight is 692 g/mol.